The number of hydrogen-bond donors (Lipinski definition) is 1. The van der Waals surface area contributed by atoms with E-state index in [1.165, 1.54) is 29.2 Å². The largest absolute Gasteiger partial charge is 0.358 e. The zero-order valence-electron chi connectivity index (χ0n) is 15.5. The van der Waals surface area contributed by atoms with Crippen molar-refractivity contribution in [1.29, 1.82) is 5.26 Å². The van der Waals surface area contributed by atoms with Crippen LogP contribution in [0.25, 0.3) is 16.8 Å². The van der Waals surface area contributed by atoms with Crippen LogP contribution in [0.5, 0.6) is 0 Å². The fourth-order valence-electron chi connectivity index (χ4n) is 2.71. The number of halogens is 2. The minimum Gasteiger partial charge on any atom is -0.358 e. The maximum absolute atomic E-state index is 13.7. The van der Waals surface area contributed by atoms with Gasteiger partial charge in [0.15, 0.2) is 0 Å². The first-order valence-electron chi connectivity index (χ1n) is 8.83. The lowest BCUT2D eigenvalue weighted by molar-refractivity contribution is 0.586. The van der Waals surface area contributed by atoms with Crippen molar-refractivity contribution in [2.75, 3.05) is 5.32 Å². The Morgan fingerprint density at radius 1 is 1.21 bits per heavy atom. The normalized spacial score (nSPS) is 11.5. The quantitative estimate of drug-likeness (QED) is 0.501. The predicted molar refractivity (Wildman–Crippen MR) is 110 cm³/mol. The number of nitrogens with zero attached hydrogens (tertiary/aromatic N) is 2. The van der Waals surface area contributed by atoms with Gasteiger partial charge < -0.3 is 5.32 Å². The zero-order chi connectivity index (χ0) is 20.1. The second kappa shape index (κ2) is 8.77. The lowest BCUT2D eigenvalue weighted by Gasteiger charge is -2.05. The molecule has 6 heteroatoms. The molecule has 0 spiro atoms. The van der Waals surface area contributed by atoms with E-state index in [1.807, 2.05) is 17.5 Å². The summed E-state index contributed by atoms with van der Waals surface area (Å²) in [7, 11) is 0. The summed E-state index contributed by atoms with van der Waals surface area (Å²) >= 11 is 1.34. The second-order valence-electron chi connectivity index (χ2n) is 6.77. The molecule has 3 nitrogen and oxygen atoms in total. The summed E-state index contributed by atoms with van der Waals surface area (Å²) in [5.41, 5.74) is 3.40. The van der Waals surface area contributed by atoms with Gasteiger partial charge >= 0.3 is 0 Å². The maximum atomic E-state index is 13.7. The Morgan fingerprint density at radius 3 is 2.61 bits per heavy atom. The van der Waals surface area contributed by atoms with Crippen LogP contribution in [-0.2, 0) is 6.42 Å². The van der Waals surface area contributed by atoms with Crippen molar-refractivity contribution in [3.05, 3.63) is 76.3 Å². The number of nitrogens with one attached hydrogen (secondary N) is 1. The van der Waals surface area contributed by atoms with Crippen molar-refractivity contribution in [3.63, 3.8) is 0 Å². The summed E-state index contributed by atoms with van der Waals surface area (Å²) in [5, 5.41) is 14.5. The minimum atomic E-state index is -0.727. The Balaban J connectivity index is 1.78. The lowest BCUT2D eigenvalue weighted by Crippen LogP contribution is -1.95. The average Bonchev–Trinajstić information content (AvgIpc) is 3.14. The van der Waals surface area contributed by atoms with Crippen LogP contribution < -0.4 is 5.32 Å². The Hall–Kier alpha value is -3.04. The molecule has 0 atom stereocenters. The monoisotopic (exact) mass is 395 g/mol. The fraction of sp³-hybridized carbons (Fsp3) is 0.182. The van der Waals surface area contributed by atoms with Crippen LogP contribution >= 0.6 is 11.3 Å². The number of thiazole rings is 1. The van der Waals surface area contributed by atoms with Crippen molar-refractivity contribution < 1.29 is 8.78 Å². The van der Waals surface area contributed by atoms with Gasteiger partial charge in [0.05, 0.1) is 11.4 Å². The van der Waals surface area contributed by atoms with Crippen LogP contribution in [0.1, 0.15) is 24.4 Å². The molecule has 0 saturated heterocycles. The van der Waals surface area contributed by atoms with E-state index in [2.05, 4.69) is 42.4 Å². The van der Waals surface area contributed by atoms with Crippen molar-refractivity contribution in [2.24, 2.45) is 5.92 Å². The second-order valence-corrected chi connectivity index (χ2v) is 7.63. The standard InChI is InChI=1S/C22H19F2N3S/c1-14(2)9-15-3-5-16(6-4-15)21-13-28-22(27-21)17(11-25)12-26-20-8-7-18(23)10-19(20)24/h3-8,10,12-14,26H,9H2,1-2H3/b17-12+. The lowest BCUT2D eigenvalue weighted by atomic mass is 10.0. The van der Waals surface area contributed by atoms with Gasteiger partial charge in [-0.1, -0.05) is 38.1 Å². The van der Waals surface area contributed by atoms with Crippen molar-refractivity contribution in [3.8, 4) is 17.3 Å². The van der Waals surface area contributed by atoms with Gasteiger partial charge in [-0.2, -0.15) is 5.26 Å². The Morgan fingerprint density at radius 2 is 1.96 bits per heavy atom. The van der Waals surface area contributed by atoms with E-state index in [0.717, 1.165) is 29.8 Å². The van der Waals surface area contributed by atoms with Crippen molar-refractivity contribution in [1.82, 2.24) is 4.98 Å². The predicted octanol–water partition coefficient (Wildman–Crippen LogP) is 6.26. The Bertz CT molecular complexity index is 1030. The maximum Gasteiger partial charge on any atom is 0.149 e. The van der Waals surface area contributed by atoms with E-state index >= 15 is 0 Å². The van der Waals surface area contributed by atoms with Crippen LogP contribution in [0, 0.1) is 28.9 Å². The molecule has 0 saturated carbocycles. The van der Waals surface area contributed by atoms with Gasteiger partial charge in [0.2, 0.25) is 0 Å². The van der Waals surface area contributed by atoms with Gasteiger partial charge in [-0.05, 0) is 30.0 Å². The Kier molecular flexibility index (Phi) is 6.17. The molecule has 1 aromatic heterocycles. The molecule has 3 aromatic rings. The fourth-order valence-corrected chi connectivity index (χ4v) is 3.51. The smallest absolute Gasteiger partial charge is 0.149 e. The summed E-state index contributed by atoms with van der Waals surface area (Å²) in [6.07, 6.45) is 2.40. The number of rotatable bonds is 6. The molecule has 28 heavy (non-hydrogen) atoms. The third kappa shape index (κ3) is 4.81. The number of anilines is 1. The van der Waals surface area contributed by atoms with E-state index in [9.17, 15) is 14.0 Å². The number of aromatic nitrogens is 1. The van der Waals surface area contributed by atoms with Crippen molar-refractivity contribution in [2.45, 2.75) is 20.3 Å². The highest BCUT2D eigenvalue weighted by molar-refractivity contribution is 7.11. The molecule has 0 bridgehead atoms. The summed E-state index contributed by atoms with van der Waals surface area (Å²) in [6.45, 7) is 4.37. The van der Waals surface area contributed by atoms with Gasteiger partial charge in [0, 0.05) is 23.2 Å². The molecule has 0 unspecified atom stereocenters. The first kappa shape index (κ1) is 19.7. The van der Waals surface area contributed by atoms with Crippen molar-refractivity contribution >= 4 is 22.6 Å². The molecule has 0 radical (unpaired) electrons. The van der Waals surface area contributed by atoms with Gasteiger partial charge in [-0.25, -0.2) is 13.8 Å². The number of hydrogen-bond acceptors (Lipinski definition) is 4. The van der Waals surface area contributed by atoms with E-state index in [4.69, 9.17) is 0 Å². The third-order valence-corrected chi connectivity index (χ3v) is 4.93. The molecule has 0 aliphatic heterocycles. The highest BCUT2D eigenvalue weighted by atomic mass is 32.1. The summed E-state index contributed by atoms with van der Waals surface area (Å²) in [4.78, 5) is 4.53. The number of allylic oxidation sites excluding steroid dienone is 1. The summed E-state index contributed by atoms with van der Waals surface area (Å²) in [5.74, 6) is -0.787. The molecule has 0 amide bonds. The van der Waals surface area contributed by atoms with E-state index in [-0.39, 0.29) is 11.3 Å². The summed E-state index contributed by atoms with van der Waals surface area (Å²) in [6, 6.07) is 13.5. The van der Waals surface area contributed by atoms with Gasteiger partial charge in [0.1, 0.15) is 28.3 Å². The van der Waals surface area contributed by atoms with Crippen LogP contribution in [0.15, 0.2) is 54.0 Å². The highest BCUT2D eigenvalue weighted by Crippen LogP contribution is 2.27. The van der Waals surface area contributed by atoms with Gasteiger partial charge in [-0.15, -0.1) is 11.3 Å². The van der Waals surface area contributed by atoms with Crippen LogP contribution in [0.3, 0.4) is 0 Å². The minimum absolute atomic E-state index is 0.0895. The van der Waals surface area contributed by atoms with E-state index in [0.29, 0.717) is 10.9 Å². The molecule has 0 fully saturated rings. The molecule has 1 N–H and O–H groups in total. The molecule has 142 valence electrons. The average molecular weight is 395 g/mol. The first-order valence-corrected chi connectivity index (χ1v) is 9.71. The zero-order valence-corrected chi connectivity index (χ0v) is 16.4. The number of nitriles is 1. The van der Waals surface area contributed by atoms with Crippen LogP contribution in [0.2, 0.25) is 0 Å². The third-order valence-electron chi connectivity index (χ3n) is 4.05. The van der Waals surface area contributed by atoms with E-state index in [1.54, 1.807) is 0 Å². The molecule has 2 aromatic carbocycles. The first-order chi connectivity index (χ1) is 13.5. The molecule has 1 heterocycles. The van der Waals surface area contributed by atoms with Crippen LogP contribution in [0.4, 0.5) is 14.5 Å². The van der Waals surface area contributed by atoms with Gasteiger partial charge in [0.25, 0.3) is 0 Å². The Labute approximate surface area is 167 Å². The van der Waals surface area contributed by atoms with Crippen LogP contribution in [-0.4, -0.2) is 4.98 Å². The van der Waals surface area contributed by atoms with Gasteiger partial charge in [-0.3, -0.25) is 0 Å². The molecular formula is C22H19F2N3S. The molecule has 3 rings (SSSR count). The molecular weight excluding hydrogens is 376 g/mol. The number of benzene rings is 2. The summed E-state index contributed by atoms with van der Waals surface area (Å²) < 4.78 is 26.7. The SMILES string of the molecule is CC(C)Cc1ccc(-c2csc(/C(C#N)=C/Nc3ccc(F)cc3F)n2)cc1. The van der Waals surface area contributed by atoms with E-state index < -0.39 is 11.6 Å². The topological polar surface area (TPSA) is 48.7 Å². The molecule has 0 aliphatic rings. The molecule has 0 aliphatic carbocycles. The highest BCUT2D eigenvalue weighted by Gasteiger charge is 2.10.